The third-order valence-electron chi connectivity index (χ3n) is 3.99. The molecule has 0 saturated heterocycles. The fourth-order valence-corrected chi connectivity index (χ4v) is 4.84. The Morgan fingerprint density at radius 2 is 2.04 bits per heavy atom. The van der Waals surface area contributed by atoms with E-state index in [2.05, 4.69) is 36.2 Å². The fraction of sp³-hybridized carbons (Fsp3) is 0.200. The van der Waals surface area contributed by atoms with Gasteiger partial charge in [0, 0.05) is 4.70 Å². The molecule has 138 valence electrons. The van der Waals surface area contributed by atoms with Gasteiger partial charge in [0.15, 0.2) is 5.76 Å². The largest absolute Gasteiger partial charge is 0.466 e. The van der Waals surface area contributed by atoms with Crippen molar-refractivity contribution in [2.45, 2.75) is 20.3 Å². The van der Waals surface area contributed by atoms with Crippen LogP contribution in [0.3, 0.4) is 0 Å². The molecular weight excluding hydrogens is 402 g/mol. The summed E-state index contributed by atoms with van der Waals surface area (Å²) in [7, 11) is 0. The van der Waals surface area contributed by atoms with Gasteiger partial charge in [-0.05, 0) is 43.5 Å². The molecule has 0 radical (unpaired) electrons. The Balaban J connectivity index is 1.78. The number of hydrogen-bond acceptors (Lipinski definition) is 6. The smallest absolute Gasteiger partial charge is 0.312 e. The number of nitrogens with zero attached hydrogens (tertiary/aromatic N) is 1. The topological polar surface area (TPSA) is 52.3 Å². The average Bonchev–Trinajstić information content (AvgIpc) is 3.32. The van der Waals surface area contributed by atoms with Crippen LogP contribution < -0.4 is 0 Å². The molecule has 27 heavy (non-hydrogen) atoms. The lowest BCUT2D eigenvalue weighted by Gasteiger charge is -2.00. The first-order valence-electron chi connectivity index (χ1n) is 8.45. The Morgan fingerprint density at radius 3 is 2.78 bits per heavy atom. The van der Waals surface area contributed by atoms with E-state index in [0.717, 1.165) is 15.1 Å². The van der Waals surface area contributed by atoms with Crippen LogP contribution in [0.25, 0.3) is 31.5 Å². The van der Waals surface area contributed by atoms with E-state index < -0.39 is 0 Å². The second-order valence-electron chi connectivity index (χ2n) is 6.03. The first-order chi connectivity index (χ1) is 13.0. The number of aryl methyl sites for hydroxylation is 1. The molecule has 0 saturated carbocycles. The summed E-state index contributed by atoms with van der Waals surface area (Å²) in [5.41, 5.74) is 1.77. The van der Waals surface area contributed by atoms with Crippen LogP contribution in [-0.4, -0.2) is 17.6 Å². The first-order valence-corrected chi connectivity index (χ1v) is 10.5. The molecule has 0 bridgehead atoms. The van der Waals surface area contributed by atoms with Crippen molar-refractivity contribution in [3.05, 3.63) is 52.0 Å². The second-order valence-corrected chi connectivity index (χ2v) is 8.83. The molecule has 0 fully saturated rings. The molecule has 4 rings (SSSR count). The van der Waals surface area contributed by atoms with Gasteiger partial charge in [-0.2, -0.15) is 0 Å². The highest BCUT2D eigenvalue weighted by molar-refractivity contribution is 7.22. The zero-order chi connectivity index (χ0) is 19.0. The van der Waals surface area contributed by atoms with Gasteiger partial charge < -0.3 is 9.15 Å². The zero-order valence-corrected chi connectivity index (χ0v) is 17.1. The Kier molecular flexibility index (Phi) is 5.04. The van der Waals surface area contributed by atoms with E-state index in [1.54, 1.807) is 24.3 Å². The number of hydrogen-bond donors (Lipinski definition) is 0. The number of oxazole rings is 1. The second kappa shape index (κ2) is 7.46. The fourth-order valence-electron chi connectivity index (χ4n) is 2.82. The van der Waals surface area contributed by atoms with Gasteiger partial charge in [0.05, 0.1) is 32.8 Å². The minimum Gasteiger partial charge on any atom is -0.466 e. The van der Waals surface area contributed by atoms with Gasteiger partial charge in [-0.1, -0.05) is 29.3 Å². The standard InChI is InChI=1S/C20H16ClNO3S2/c1-3-24-18(23)10-13-19(15-6-7-17(21)27-15)25-20(22-13)16-9-12-8-11(2)4-5-14(12)26-16/h4-9H,3,10H2,1-2H3. The monoisotopic (exact) mass is 417 g/mol. The number of rotatable bonds is 5. The molecule has 4 nitrogen and oxygen atoms in total. The lowest BCUT2D eigenvalue weighted by Crippen LogP contribution is -2.08. The summed E-state index contributed by atoms with van der Waals surface area (Å²) in [6.07, 6.45) is 0.0617. The number of benzene rings is 1. The number of carbonyl (C=O) groups is 1. The molecule has 1 aromatic carbocycles. The Labute approximate surface area is 169 Å². The first kappa shape index (κ1) is 18.2. The van der Waals surface area contributed by atoms with Gasteiger partial charge in [-0.25, -0.2) is 4.98 Å². The van der Waals surface area contributed by atoms with Gasteiger partial charge in [0.25, 0.3) is 0 Å². The molecule has 0 amide bonds. The van der Waals surface area contributed by atoms with Crippen molar-refractivity contribution >= 4 is 50.3 Å². The lowest BCUT2D eigenvalue weighted by molar-refractivity contribution is -0.142. The molecule has 7 heteroatoms. The van der Waals surface area contributed by atoms with Crippen LogP contribution in [0, 0.1) is 6.92 Å². The van der Waals surface area contributed by atoms with Crippen LogP contribution in [0.15, 0.2) is 40.8 Å². The quantitative estimate of drug-likeness (QED) is 0.355. The van der Waals surface area contributed by atoms with Crippen LogP contribution in [0.4, 0.5) is 0 Å². The lowest BCUT2D eigenvalue weighted by atomic mass is 10.2. The van der Waals surface area contributed by atoms with Crippen LogP contribution in [0.2, 0.25) is 4.34 Å². The molecule has 0 unspecified atom stereocenters. The summed E-state index contributed by atoms with van der Waals surface area (Å²) in [6, 6.07) is 12.1. The van der Waals surface area contributed by atoms with Crippen molar-refractivity contribution in [1.29, 1.82) is 0 Å². The van der Waals surface area contributed by atoms with Crippen molar-refractivity contribution in [2.24, 2.45) is 0 Å². The Hall–Kier alpha value is -2.15. The molecule has 0 atom stereocenters. The number of fused-ring (bicyclic) bond motifs is 1. The van der Waals surface area contributed by atoms with E-state index in [1.807, 2.05) is 6.07 Å². The number of ether oxygens (including phenoxy) is 1. The number of thiophene rings is 2. The molecule has 4 aromatic rings. The normalized spacial score (nSPS) is 11.2. The predicted octanol–water partition coefficient (Wildman–Crippen LogP) is 6.35. The molecule has 3 heterocycles. The maximum Gasteiger partial charge on any atom is 0.312 e. The SMILES string of the molecule is CCOC(=O)Cc1nc(-c2cc3cc(C)ccc3s2)oc1-c1ccc(Cl)s1. The molecule has 0 aliphatic carbocycles. The van der Waals surface area contributed by atoms with Crippen molar-refractivity contribution in [3.8, 4) is 21.4 Å². The summed E-state index contributed by atoms with van der Waals surface area (Å²) in [5.74, 6) is 0.754. The molecule has 0 N–H and O–H groups in total. The molecule has 0 spiro atoms. The number of halogens is 1. The highest BCUT2D eigenvalue weighted by atomic mass is 35.5. The number of aromatic nitrogens is 1. The van der Waals surface area contributed by atoms with Crippen molar-refractivity contribution < 1.29 is 13.9 Å². The summed E-state index contributed by atoms with van der Waals surface area (Å²) >= 11 is 9.09. The van der Waals surface area contributed by atoms with Crippen molar-refractivity contribution in [2.75, 3.05) is 6.61 Å². The predicted molar refractivity (Wildman–Crippen MR) is 111 cm³/mol. The summed E-state index contributed by atoms with van der Waals surface area (Å²) in [6.45, 7) is 4.18. The average molecular weight is 418 g/mol. The van der Waals surface area contributed by atoms with Crippen LogP contribution in [0.5, 0.6) is 0 Å². The number of esters is 1. The molecular formula is C20H16ClNO3S2. The van der Waals surface area contributed by atoms with E-state index in [9.17, 15) is 4.79 Å². The summed E-state index contributed by atoms with van der Waals surface area (Å²) < 4.78 is 13.0. The molecule has 3 aromatic heterocycles. The van der Waals surface area contributed by atoms with Crippen LogP contribution in [0.1, 0.15) is 18.2 Å². The van der Waals surface area contributed by atoms with Gasteiger partial charge in [-0.15, -0.1) is 22.7 Å². The zero-order valence-electron chi connectivity index (χ0n) is 14.7. The highest BCUT2D eigenvalue weighted by Gasteiger charge is 2.21. The van der Waals surface area contributed by atoms with Gasteiger partial charge in [-0.3, -0.25) is 4.79 Å². The van der Waals surface area contributed by atoms with E-state index in [4.69, 9.17) is 20.8 Å². The summed E-state index contributed by atoms with van der Waals surface area (Å²) in [5, 5.41) is 1.15. The third kappa shape index (κ3) is 3.78. The minimum atomic E-state index is -0.326. The van der Waals surface area contributed by atoms with E-state index in [1.165, 1.54) is 21.6 Å². The van der Waals surface area contributed by atoms with Crippen molar-refractivity contribution in [3.63, 3.8) is 0 Å². The molecule has 0 aliphatic heterocycles. The van der Waals surface area contributed by atoms with Gasteiger partial charge in [0.1, 0.15) is 0 Å². The Bertz CT molecular complexity index is 1130. The van der Waals surface area contributed by atoms with Gasteiger partial charge >= 0.3 is 5.97 Å². The minimum absolute atomic E-state index is 0.0617. The maximum atomic E-state index is 12.0. The summed E-state index contributed by atoms with van der Waals surface area (Å²) in [4.78, 5) is 18.4. The van der Waals surface area contributed by atoms with Crippen LogP contribution >= 0.6 is 34.3 Å². The van der Waals surface area contributed by atoms with Gasteiger partial charge in [0.2, 0.25) is 5.89 Å². The van der Waals surface area contributed by atoms with Crippen LogP contribution in [-0.2, 0) is 16.0 Å². The third-order valence-corrected chi connectivity index (χ3v) is 6.33. The molecule has 0 aliphatic rings. The Morgan fingerprint density at radius 1 is 1.19 bits per heavy atom. The van der Waals surface area contributed by atoms with Crippen molar-refractivity contribution in [1.82, 2.24) is 4.98 Å². The highest BCUT2D eigenvalue weighted by Crippen LogP contribution is 2.39. The van der Waals surface area contributed by atoms with E-state index in [-0.39, 0.29) is 12.4 Å². The number of carbonyl (C=O) groups excluding carboxylic acids is 1. The van der Waals surface area contributed by atoms with E-state index in [0.29, 0.717) is 28.3 Å². The van der Waals surface area contributed by atoms with E-state index >= 15 is 0 Å². The maximum absolute atomic E-state index is 12.0.